The fourth-order valence-corrected chi connectivity index (χ4v) is 2.66. The normalized spacial score (nSPS) is 10.3. The van der Waals surface area contributed by atoms with Gasteiger partial charge in [0.05, 0.1) is 5.69 Å². The van der Waals surface area contributed by atoms with Gasteiger partial charge in [-0.2, -0.15) is 0 Å². The van der Waals surface area contributed by atoms with Crippen molar-refractivity contribution in [3.8, 4) is 0 Å². The summed E-state index contributed by atoms with van der Waals surface area (Å²) in [6, 6.07) is 14.1. The lowest BCUT2D eigenvalue weighted by Gasteiger charge is -2.21. The topological polar surface area (TPSA) is 20.3 Å². The second kappa shape index (κ2) is 6.02. The zero-order valence-electron chi connectivity index (χ0n) is 11.1. The maximum Gasteiger partial charge on any atom is 0.150 e. The molecule has 0 amide bonds. The third-order valence-electron chi connectivity index (χ3n) is 3.06. The Morgan fingerprint density at radius 3 is 2.42 bits per heavy atom. The second-order valence-corrected chi connectivity index (χ2v) is 5.52. The lowest BCUT2D eigenvalue weighted by Crippen LogP contribution is -2.16. The van der Waals surface area contributed by atoms with E-state index in [0.717, 1.165) is 23.0 Å². The van der Waals surface area contributed by atoms with Gasteiger partial charge >= 0.3 is 0 Å². The average Bonchev–Trinajstić information content (AvgIpc) is 2.41. The van der Waals surface area contributed by atoms with Gasteiger partial charge in [0.15, 0.2) is 0 Å². The lowest BCUT2D eigenvalue weighted by atomic mass is 10.1. The SMILES string of the molecule is Cc1ccc(CN(C)c2ccc(C=O)cc2Br)cc1. The van der Waals surface area contributed by atoms with E-state index in [1.807, 2.05) is 25.2 Å². The molecule has 0 fully saturated rings. The van der Waals surface area contributed by atoms with E-state index in [9.17, 15) is 4.79 Å². The van der Waals surface area contributed by atoms with E-state index >= 15 is 0 Å². The van der Waals surface area contributed by atoms with E-state index in [1.165, 1.54) is 11.1 Å². The van der Waals surface area contributed by atoms with Crippen molar-refractivity contribution in [2.24, 2.45) is 0 Å². The minimum absolute atomic E-state index is 0.680. The fraction of sp³-hybridized carbons (Fsp3) is 0.188. The molecule has 0 atom stereocenters. The van der Waals surface area contributed by atoms with E-state index in [-0.39, 0.29) is 0 Å². The number of nitrogens with zero attached hydrogens (tertiary/aromatic N) is 1. The summed E-state index contributed by atoms with van der Waals surface area (Å²) in [6.45, 7) is 2.92. The Hall–Kier alpha value is -1.61. The molecule has 2 nitrogen and oxygen atoms in total. The van der Waals surface area contributed by atoms with Crippen molar-refractivity contribution in [1.29, 1.82) is 0 Å². The van der Waals surface area contributed by atoms with E-state index in [2.05, 4.69) is 52.0 Å². The standard InChI is InChI=1S/C16H16BrNO/c1-12-3-5-13(6-4-12)10-18(2)16-8-7-14(11-19)9-15(16)17/h3-9,11H,10H2,1-2H3. The minimum Gasteiger partial charge on any atom is -0.369 e. The van der Waals surface area contributed by atoms with Gasteiger partial charge < -0.3 is 4.90 Å². The summed E-state index contributed by atoms with van der Waals surface area (Å²) in [5.41, 5.74) is 4.29. The summed E-state index contributed by atoms with van der Waals surface area (Å²) in [4.78, 5) is 12.9. The largest absolute Gasteiger partial charge is 0.369 e. The van der Waals surface area contributed by atoms with Gasteiger partial charge in [-0.15, -0.1) is 0 Å². The van der Waals surface area contributed by atoms with Crippen LogP contribution in [0.15, 0.2) is 46.9 Å². The van der Waals surface area contributed by atoms with Gasteiger partial charge in [-0.25, -0.2) is 0 Å². The van der Waals surface area contributed by atoms with Gasteiger partial charge in [-0.05, 0) is 46.6 Å². The predicted molar refractivity (Wildman–Crippen MR) is 82.8 cm³/mol. The summed E-state index contributed by atoms with van der Waals surface area (Å²) in [7, 11) is 2.04. The molecule has 2 aromatic carbocycles. The fourth-order valence-electron chi connectivity index (χ4n) is 1.96. The van der Waals surface area contributed by atoms with Gasteiger partial charge in [0.2, 0.25) is 0 Å². The minimum atomic E-state index is 0.680. The maximum atomic E-state index is 10.7. The Morgan fingerprint density at radius 1 is 1.16 bits per heavy atom. The van der Waals surface area contributed by atoms with E-state index in [0.29, 0.717) is 5.56 Å². The first-order chi connectivity index (χ1) is 9.10. The molecule has 19 heavy (non-hydrogen) atoms. The molecule has 0 aromatic heterocycles. The van der Waals surface area contributed by atoms with Crippen LogP contribution >= 0.6 is 15.9 Å². The molecular formula is C16H16BrNO. The van der Waals surface area contributed by atoms with E-state index in [4.69, 9.17) is 0 Å². The van der Waals surface area contributed by atoms with Crippen molar-refractivity contribution in [1.82, 2.24) is 0 Å². The molecule has 0 heterocycles. The number of aldehydes is 1. The van der Waals surface area contributed by atoms with Crippen LogP contribution in [0, 0.1) is 6.92 Å². The van der Waals surface area contributed by atoms with Crippen molar-refractivity contribution in [2.45, 2.75) is 13.5 Å². The number of carbonyl (C=O) groups excluding carboxylic acids is 1. The lowest BCUT2D eigenvalue weighted by molar-refractivity contribution is 0.112. The highest BCUT2D eigenvalue weighted by molar-refractivity contribution is 9.10. The third kappa shape index (κ3) is 3.44. The summed E-state index contributed by atoms with van der Waals surface area (Å²) < 4.78 is 0.937. The predicted octanol–water partition coefficient (Wildman–Crippen LogP) is 4.21. The Labute approximate surface area is 122 Å². The van der Waals surface area contributed by atoms with Gasteiger partial charge in [-0.1, -0.05) is 29.8 Å². The molecule has 0 N–H and O–H groups in total. The summed E-state index contributed by atoms with van der Waals surface area (Å²) in [6.07, 6.45) is 0.856. The summed E-state index contributed by atoms with van der Waals surface area (Å²) >= 11 is 3.51. The molecule has 2 aromatic rings. The molecule has 0 aliphatic heterocycles. The van der Waals surface area contributed by atoms with Crippen molar-refractivity contribution in [3.05, 3.63) is 63.6 Å². The summed E-state index contributed by atoms with van der Waals surface area (Å²) in [5, 5.41) is 0. The Balaban J connectivity index is 2.17. The monoisotopic (exact) mass is 317 g/mol. The van der Waals surface area contributed by atoms with Crippen molar-refractivity contribution >= 4 is 27.9 Å². The number of hydrogen-bond acceptors (Lipinski definition) is 2. The molecule has 0 unspecified atom stereocenters. The molecule has 3 heteroatoms. The molecule has 0 bridgehead atoms. The van der Waals surface area contributed by atoms with Crippen LogP contribution < -0.4 is 4.90 Å². The molecule has 0 aliphatic carbocycles. The first kappa shape index (κ1) is 13.8. The van der Waals surface area contributed by atoms with Crippen LogP contribution in [-0.2, 0) is 6.54 Å². The van der Waals surface area contributed by atoms with Crippen LogP contribution in [0.5, 0.6) is 0 Å². The zero-order valence-corrected chi connectivity index (χ0v) is 12.6. The number of rotatable bonds is 4. The maximum absolute atomic E-state index is 10.7. The smallest absolute Gasteiger partial charge is 0.150 e. The van der Waals surface area contributed by atoms with Crippen LogP contribution in [0.1, 0.15) is 21.5 Å². The van der Waals surface area contributed by atoms with Crippen LogP contribution in [0.3, 0.4) is 0 Å². The Morgan fingerprint density at radius 2 is 1.84 bits per heavy atom. The second-order valence-electron chi connectivity index (χ2n) is 4.67. The highest BCUT2D eigenvalue weighted by Crippen LogP contribution is 2.27. The highest BCUT2D eigenvalue weighted by Gasteiger charge is 2.07. The number of aryl methyl sites for hydroxylation is 1. The first-order valence-electron chi connectivity index (χ1n) is 6.11. The molecule has 0 saturated heterocycles. The average molecular weight is 318 g/mol. The van der Waals surface area contributed by atoms with Crippen LogP contribution in [-0.4, -0.2) is 13.3 Å². The number of benzene rings is 2. The van der Waals surface area contributed by atoms with Gasteiger partial charge in [0.1, 0.15) is 6.29 Å². The van der Waals surface area contributed by atoms with Crippen LogP contribution in [0.25, 0.3) is 0 Å². The van der Waals surface area contributed by atoms with E-state index in [1.54, 1.807) is 0 Å². The van der Waals surface area contributed by atoms with E-state index < -0.39 is 0 Å². The number of halogens is 1. The summed E-state index contributed by atoms with van der Waals surface area (Å²) in [5.74, 6) is 0. The molecule has 98 valence electrons. The van der Waals surface area contributed by atoms with Gasteiger partial charge in [0, 0.05) is 23.6 Å². The van der Waals surface area contributed by atoms with Crippen LogP contribution in [0.2, 0.25) is 0 Å². The van der Waals surface area contributed by atoms with Gasteiger partial charge in [-0.3, -0.25) is 4.79 Å². The zero-order chi connectivity index (χ0) is 13.8. The Kier molecular flexibility index (Phi) is 4.38. The molecule has 0 spiro atoms. The number of carbonyl (C=O) groups is 1. The van der Waals surface area contributed by atoms with Gasteiger partial charge in [0.25, 0.3) is 0 Å². The van der Waals surface area contributed by atoms with Crippen molar-refractivity contribution < 1.29 is 4.79 Å². The molecule has 0 saturated carbocycles. The van der Waals surface area contributed by atoms with Crippen molar-refractivity contribution in [3.63, 3.8) is 0 Å². The highest BCUT2D eigenvalue weighted by atomic mass is 79.9. The molecule has 0 aliphatic rings. The molecule has 2 rings (SSSR count). The molecular weight excluding hydrogens is 302 g/mol. The van der Waals surface area contributed by atoms with Crippen LogP contribution in [0.4, 0.5) is 5.69 Å². The first-order valence-corrected chi connectivity index (χ1v) is 6.91. The number of anilines is 1. The quantitative estimate of drug-likeness (QED) is 0.787. The molecule has 0 radical (unpaired) electrons. The third-order valence-corrected chi connectivity index (χ3v) is 3.69. The van der Waals surface area contributed by atoms with Crippen molar-refractivity contribution in [2.75, 3.05) is 11.9 Å². The Bertz CT molecular complexity index is 578. The number of hydrogen-bond donors (Lipinski definition) is 0.